The Kier molecular flexibility index (Phi) is 5.60. The second-order valence-corrected chi connectivity index (χ2v) is 9.10. The van der Waals surface area contributed by atoms with Crippen LogP contribution in [0, 0.1) is 6.92 Å². The summed E-state index contributed by atoms with van der Waals surface area (Å²) in [5, 5.41) is 6.98. The molecule has 174 valence electrons. The van der Waals surface area contributed by atoms with Crippen molar-refractivity contribution in [2.75, 3.05) is 12.4 Å². The first-order valence-electron chi connectivity index (χ1n) is 11.7. The number of nitrogens with zero attached hydrogens (tertiary/aromatic N) is 3. The third-order valence-electron chi connectivity index (χ3n) is 7.18. The maximum Gasteiger partial charge on any atom is 0.291 e. The minimum absolute atomic E-state index is 0.151. The fourth-order valence-corrected chi connectivity index (χ4v) is 5.29. The average molecular weight is 451 g/mol. The van der Waals surface area contributed by atoms with E-state index in [2.05, 4.69) is 10.5 Å². The molecule has 0 atom stereocenters. The second-order valence-electron chi connectivity index (χ2n) is 9.10. The van der Waals surface area contributed by atoms with Gasteiger partial charge in [-0.05, 0) is 62.8 Å². The van der Waals surface area contributed by atoms with Gasteiger partial charge in [-0.25, -0.2) is 4.68 Å². The predicted molar refractivity (Wildman–Crippen MR) is 125 cm³/mol. The Bertz CT molecular complexity index is 1260. The van der Waals surface area contributed by atoms with Crippen LogP contribution in [0.15, 0.2) is 27.5 Å². The number of anilines is 1. The minimum atomic E-state index is -0.404. The molecule has 0 unspecified atom stereocenters. The van der Waals surface area contributed by atoms with Crippen LogP contribution in [0.5, 0.6) is 5.75 Å². The number of hydrogen-bond acceptors (Lipinski definition) is 5. The zero-order valence-corrected chi connectivity index (χ0v) is 19.4. The van der Waals surface area contributed by atoms with E-state index in [0.717, 1.165) is 66.7 Å². The summed E-state index contributed by atoms with van der Waals surface area (Å²) in [7, 11) is 3.53. The summed E-state index contributed by atoms with van der Waals surface area (Å²) >= 11 is 0. The van der Waals surface area contributed by atoms with Crippen LogP contribution >= 0.6 is 0 Å². The number of aryl methyl sites for hydroxylation is 1. The third kappa shape index (κ3) is 3.67. The molecule has 2 aliphatic rings. The van der Waals surface area contributed by atoms with Gasteiger partial charge in [0, 0.05) is 18.2 Å². The van der Waals surface area contributed by atoms with E-state index in [4.69, 9.17) is 9.26 Å². The molecule has 1 aromatic carbocycles. The van der Waals surface area contributed by atoms with E-state index in [1.165, 1.54) is 6.42 Å². The molecule has 0 spiro atoms. The van der Waals surface area contributed by atoms with Gasteiger partial charge < -0.3 is 14.6 Å². The van der Waals surface area contributed by atoms with Crippen molar-refractivity contribution < 1.29 is 14.1 Å². The lowest BCUT2D eigenvalue weighted by molar-refractivity contribution is 0.101. The molecule has 1 fully saturated rings. The summed E-state index contributed by atoms with van der Waals surface area (Å²) in [4.78, 5) is 26.5. The Morgan fingerprint density at radius 3 is 2.73 bits per heavy atom. The SMILES string of the molecule is COc1ccc2c(c1)CCCc1c(C(=O)Nc3c(C)n(C)n(C4CCCCC4)c3=O)noc1-2. The lowest BCUT2D eigenvalue weighted by atomic mass is 9.96. The Labute approximate surface area is 192 Å². The summed E-state index contributed by atoms with van der Waals surface area (Å²) in [5.41, 5.74) is 4.01. The molecule has 1 saturated carbocycles. The topological polar surface area (TPSA) is 91.3 Å². The van der Waals surface area contributed by atoms with E-state index in [-0.39, 0.29) is 17.3 Å². The van der Waals surface area contributed by atoms with Gasteiger partial charge >= 0.3 is 0 Å². The Hall–Kier alpha value is -3.29. The molecule has 8 nitrogen and oxygen atoms in total. The van der Waals surface area contributed by atoms with Crippen LogP contribution in [0.2, 0.25) is 0 Å². The van der Waals surface area contributed by atoms with E-state index in [0.29, 0.717) is 17.9 Å². The van der Waals surface area contributed by atoms with Gasteiger partial charge in [0.1, 0.15) is 11.4 Å². The van der Waals surface area contributed by atoms with Crippen LogP contribution in [-0.4, -0.2) is 27.5 Å². The normalized spacial score (nSPS) is 16.1. The molecule has 0 aliphatic heterocycles. The second kappa shape index (κ2) is 8.57. The number of benzene rings is 1. The fourth-order valence-electron chi connectivity index (χ4n) is 5.29. The average Bonchev–Trinajstić information content (AvgIpc) is 3.27. The van der Waals surface area contributed by atoms with Crippen LogP contribution in [0.4, 0.5) is 5.69 Å². The van der Waals surface area contributed by atoms with Crippen molar-refractivity contribution in [1.29, 1.82) is 0 Å². The summed E-state index contributed by atoms with van der Waals surface area (Å²) in [6, 6.07) is 6.03. The summed E-state index contributed by atoms with van der Waals surface area (Å²) in [6.07, 6.45) is 7.86. The van der Waals surface area contributed by atoms with Gasteiger partial charge in [-0.2, -0.15) is 0 Å². The van der Waals surface area contributed by atoms with Crippen LogP contribution in [0.25, 0.3) is 11.3 Å². The zero-order chi connectivity index (χ0) is 23.1. The van der Waals surface area contributed by atoms with Crippen molar-refractivity contribution in [3.05, 3.63) is 51.1 Å². The van der Waals surface area contributed by atoms with Gasteiger partial charge in [-0.15, -0.1) is 0 Å². The molecule has 2 aliphatic carbocycles. The standard InChI is InChI=1S/C25H30N4O4/c1-15-21(25(31)29(28(15)2)17-9-5-4-6-10-17)26-24(30)22-20-11-7-8-16-14-18(32-3)12-13-19(16)23(20)33-27-22/h12-14,17H,4-11H2,1-3H3,(H,26,30). The summed E-state index contributed by atoms with van der Waals surface area (Å²) < 4.78 is 14.7. The largest absolute Gasteiger partial charge is 0.497 e. The molecule has 1 N–H and O–H groups in total. The van der Waals surface area contributed by atoms with Gasteiger partial charge in [0.05, 0.1) is 18.8 Å². The van der Waals surface area contributed by atoms with Gasteiger partial charge in [0.25, 0.3) is 11.5 Å². The number of ether oxygens (including phenoxy) is 1. The highest BCUT2D eigenvalue weighted by atomic mass is 16.5. The lowest BCUT2D eigenvalue weighted by Crippen LogP contribution is -2.29. The number of hydrogen-bond donors (Lipinski definition) is 1. The lowest BCUT2D eigenvalue weighted by Gasteiger charge is -2.24. The number of amides is 1. The predicted octanol–water partition coefficient (Wildman–Crippen LogP) is 4.41. The van der Waals surface area contributed by atoms with Crippen molar-refractivity contribution in [2.45, 2.75) is 64.3 Å². The molecule has 5 rings (SSSR count). The van der Waals surface area contributed by atoms with Gasteiger partial charge in [-0.3, -0.25) is 14.3 Å². The number of carbonyl (C=O) groups excluding carboxylic acids is 1. The number of methoxy groups -OCH3 is 1. The highest BCUT2D eigenvalue weighted by Gasteiger charge is 2.29. The van der Waals surface area contributed by atoms with E-state index in [1.807, 2.05) is 36.9 Å². The van der Waals surface area contributed by atoms with Crippen molar-refractivity contribution in [3.63, 3.8) is 0 Å². The number of nitrogens with one attached hydrogen (secondary N) is 1. The minimum Gasteiger partial charge on any atom is -0.497 e. The molecule has 0 saturated heterocycles. The van der Waals surface area contributed by atoms with Gasteiger partial charge in [0.2, 0.25) is 0 Å². The monoisotopic (exact) mass is 450 g/mol. The molecule has 33 heavy (non-hydrogen) atoms. The van der Waals surface area contributed by atoms with E-state index in [1.54, 1.807) is 11.8 Å². The first-order valence-corrected chi connectivity index (χ1v) is 11.7. The number of carbonyl (C=O) groups is 1. The molecule has 2 heterocycles. The van der Waals surface area contributed by atoms with Crippen LogP contribution in [0.1, 0.15) is 71.9 Å². The molecule has 0 bridgehead atoms. The Balaban J connectivity index is 1.47. The quantitative estimate of drug-likeness (QED) is 0.636. The molecule has 1 amide bonds. The first kappa shape index (κ1) is 21.6. The summed E-state index contributed by atoms with van der Waals surface area (Å²) in [6.45, 7) is 1.86. The van der Waals surface area contributed by atoms with E-state index in [9.17, 15) is 9.59 Å². The maximum atomic E-state index is 13.3. The molecular weight excluding hydrogens is 420 g/mol. The Morgan fingerprint density at radius 2 is 1.97 bits per heavy atom. The molecule has 8 heteroatoms. The molecule has 2 aromatic heterocycles. The number of rotatable bonds is 4. The Morgan fingerprint density at radius 1 is 1.18 bits per heavy atom. The van der Waals surface area contributed by atoms with Crippen molar-refractivity contribution >= 4 is 11.6 Å². The smallest absolute Gasteiger partial charge is 0.291 e. The van der Waals surface area contributed by atoms with Gasteiger partial charge in [0.15, 0.2) is 11.5 Å². The maximum absolute atomic E-state index is 13.3. The van der Waals surface area contributed by atoms with Crippen molar-refractivity contribution in [1.82, 2.24) is 14.5 Å². The van der Waals surface area contributed by atoms with Crippen molar-refractivity contribution in [2.24, 2.45) is 7.05 Å². The highest BCUT2D eigenvalue weighted by molar-refractivity contribution is 6.05. The number of aromatic nitrogens is 3. The van der Waals surface area contributed by atoms with Crippen LogP contribution in [-0.2, 0) is 19.9 Å². The fraction of sp³-hybridized carbons (Fsp3) is 0.480. The van der Waals surface area contributed by atoms with Crippen molar-refractivity contribution in [3.8, 4) is 17.1 Å². The van der Waals surface area contributed by atoms with Crippen LogP contribution < -0.4 is 15.6 Å². The molecule has 0 radical (unpaired) electrons. The van der Waals surface area contributed by atoms with E-state index < -0.39 is 5.91 Å². The first-order chi connectivity index (χ1) is 16.0. The third-order valence-corrected chi connectivity index (χ3v) is 7.18. The highest BCUT2D eigenvalue weighted by Crippen LogP contribution is 2.36. The summed E-state index contributed by atoms with van der Waals surface area (Å²) in [5.74, 6) is 1.02. The molecule has 3 aromatic rings. The van der Waals surface area contributed by atoms with E-state index >= 15 is 0 Å². The van der Waals surface area contributed by atoms with Gasteiger partial charge in [-0.1, -0.05) is 24.4 Å². The zero-order valence-electron chi connectivity index (χ0n) is 19.4. The van der Waals surface area contributed by atoms with Crippen LogP contribution in [0.3, 0.4) is 0 Å². The molecular formula is C25H30N4O4. The number of fused-ring (bicyclic) bond motifs is 3.